The van der Waals surface area contributed by atoms with Gasteiger partial charge in [0.15, 0.2) is 0 Å². The summed E-state index contributed by atoms with van der Waals surface area (Å²) >= 11 is 0. The lowest BCUT2D eigenvalue weighted by Crippen LogP contribution is -2.26. The van der Waals surface area contributed by atoms with Crippen LogP contribution in [0.3, 0.4) is 0 Å². The fraction of sp³-hybridized carbons (Fsp3) is 0.467. The first-order chi connectivity index (χ1) is 8.81. The van der Waals surface area contributed by atoms with Crippen molar-refractivity contribution in [2.75, 3.05) is 6.54 Å². The number of carbonyl (C=O) groups is 2. The fourth-order valence-electron chi connectivity index (χ4n) is 1.79. The summed E-state index contributed by atoms with van der Waals surface area (Å²) < 4.78 is 0. The highest BCUT2D eigenvalue weighted by molar-refractivity contribution is 5.74. The van der Waals surface area contributed by atoms with Crippen molar-refractivity contribution in [2.24, 2.45) is 5.41 Å². The average molecular weight is 263 g/mol. The van der Waals surface area contributed by atoms with Crippen LogP contribution >= 0.6 is 0 Å². The minimum Gasteiger partial charge on any atom is -0.481 e. The van der Waals surface area contributed by atoms with Crippen LogP contribution in [0.5, 0.6) is 0 Å². The molecule has 0 aliphatic carbocycles. The lowest BCUT2D eigenvalue weighted by molar-refractivity contribution is -0.146. The second-order valence-corrected chi connectivity index (χ2v) is 5.42. The minimum atomic E-state index is -0.790. The van der Waals surface area contributed by atoms with Gasteiger partial charge >= 0.3 is 5.97 Å². The van der Waals surface area contributed by atoms with Crippen LogP contribution in [0.25, 0.3) is 0 Å². The van der Waals surface area contributed by atoms with E-state index in [1.807, 2.05) is 24.3 Å². The molecule has 1 aromatic carbocycles. The first kappa shape index (κ1) is 15.2. The van der Waals surface area contributed by atoms with Gasteiger partial charge in [-0.15, -0.1) is 0 Å². The third-order valence-electron chi connectivity index (χ3n) is 3.04. The fourth-order valence-corrected chi connectivity index (χ4v) is 1.79. The summed E-state index contributed by atoms with van der Waals surface area (Å²) in [6.45, 7) is 5.56. The molecule has 1 amide bonds. The minimum absolute atomic E-state index is 0.0279. The Morgan fingerprint density at radius 2 is 1.68 bits per heavy atom. The molecule has 0 atom stereocenters. The summed E-state index contributed by atoms with van der Waals surface area (Å²) in [6.07, 6.45) is 1.29. The maximum Gasteiger partial charge on any atom is 0.309 e. The van der Waals surface area contributed by atoms with Crippen molar-refractivity contribution in [2.45, 2.75) is 33.6 Å². The summed E-state index contributed by atoms with van der Waals surface area (Å²) in [6, 6.07) is 7.87. The lowest BCUT2D eigenvalue weighted by Gasteiger charge is -2.19. The van der Waals surface area contributed by atoms with Crippen molar-refractivity contribution in [1.82, 2.24) is 5.32 Å². The van der Waals surface area contributed by atoms with E-state index < -0.39 is 11.4 Å². The zero-order chi connectivity index (χ0) is 14.5. The smallest absolute Gasteiger partial charge is 0.309 e. The van der Waals surface area contributed by atoms with Crippen molar-refractivity contribution in [3.8, 4) is 0 Å². The Balaban J connectivity index is 2.57. The van der Waals surface area contributed by atoms with E-state index in [-0.39, 0.29) is 5.91 Å². The van der Waals surface area contributed by atoms with Gasteiger partial charge in [0.1, 0.15) is 0 Å². The normalized spacial score (nSPS) is 11.1. The van der Waals surface area contributed by atoms with Gasteiger partial charge in [0.05, 0.1) is 5.41 Å². The molecule has 0 radical (unpaired) electrons. The number of hydrogen-bond acceptors (Lipinski definition) is 2. The molecule has 0 fully saturated rings. The number of aliphatic carboxylic acids is 1. The third kappa shape index (κ3) is 5.12. The Labute approximate surface area is 113 Å². The van der Waals surface area contributed by atoms with Crippen LogP contribution in [0, 0.1) is 5.41 Å². The summed E-state index contributed by atoms with van der Waals surface area (Å²) in [5.74, 6) is -0.818. The Kier molecular flexibility index (Phi) is 5.10. The van der Waals surface area contributed by atoms with Crippen molar-refractivity contribution in [3.05, 3.63) is 35.4 Å². The quantitative estimate of drug-likeness (QED) is 0.825. The van der Waals surface area contributed by atoms with Gasteiger partial charge in [0, 0.05) is 13.5 Å². The molecule has 0 aliphatic rings. The summed E-state index contributed by atoms with van der Waals surface area (Å²) in [5, 5.41) is 11.8. The average Bonchev–Trinajstić information content (AvgIpc) is 2.30. The van der Waals surface area contributed by atoms with Gasteiger partial charge in [-0.05, 0) is 37.8 Å². The molecule has 0 bridgehead atoms. The highest BCUT2D eigenvalue weighted by Gasteiger charge is 2.27. The van der Waals surface area contributed by atoms with E-state index >= 15 is 0 Å². The maximum absolute atomic E-state index is 11.1. The molecule has 104 valence electrons. The topological polar surface area (TPSA) is 66.4 Å². The number of benzene rings is 1. The molecule has 0 spiro atoms. The third-order valence-corrected chi connectivity index (χ3v) is 3.04. The molecule has 4 heteroatoms. The Hall–Kier alpha value is -1.84. The van der Waals surface area contributed by atoms with E-state index in [1.165, 1.54) is 6.92 Å². The molecule has 19 heavy (non-hydrogen) atoms. The standard InChI is InChI=1S/C15H21NO3/c1-11(17)16-9-8-12-4-6-13(7-5-12)10-15(2,3)14(18)19/h4-7H,8-10H2,1-3H3,(H,16,17)(H,18,19). The number of rotatable bonds is 6. The monoisotopic (exact) mass is 263 g/mol. The largest absolute Gasteiger partial charge is 0.481 e. The molecule has 4 nitrogen and oxygen atoms in total. The van der Waals surface area contributed by atoms with Gasteiger partial charge in [0.2, 0.25) is 5.91 Å². The molecule has 2 N–H and O–H groups in total. The lowest BCUT2D eigenvalue weighted by atomic mass is 9.86. The Morgan fingerprint density at radius 1 is 1.16 bits per heavy atom. The van der Waals surface area contributed by atoms with Crippen molar-refractivity contribution in [1.29, 1.82) is 0 Å². The van der Waals surface area contributed by atoms with Gasteiger partial charge in [-0.25, -0.2) is 0 Å². The number of carboxylic acids is 1. The number of carboxylic acid groups (broad SMARTS) is 1. The molecule has 0 aromatic heterocycles. The summed E-state index contributed by atoms with van der Waals surface area (Å²) in [7, 11) is 0. The SMILES string of the molecule is CC(=O)NCCc1ccc(CC(C)(C)C(=O)O)cc1. The highest BCUT2D eigenvalue weighted by Crippen LogP contribution is 2.22. The van der Waals surface area contributed by atoms with E-state index in [1.54, 1.807) is 13.8 Å². The number of hydrogen-bond donors (Lipinski definition) is 2. The zero-order valence-corrected chi connectivity index (χ0v) is 11.7. The van der Waals surface area contributed by atoms with E-state index in [4.69, 9.17) is 5.11 Å². The van der Waals surface area contributed by atoms with Crippen LogP contribution in [0.1, 0.15) is 31.9 Å². The molecule has 1 aromatic rings. The number of nitrogens with one attached hydrogen (secondary N) is 1. The van der Waals surface area contributed by atoms with Crippen molar-refractivity contribution < 1.29 is 14.7 Å². The van der Waals surface area contributed by atoms with Crippen LogP contribution < -0.4 is 5.32 Å². The summed E-state index contributed by atoms with van der Waals surface area (Å²) in [4.78, 5) is 21.8. The van der Waals surface area contributed by atoms with Crippen LogP contribution in [-0.4, -0.2) is 23.5 Å². The molecule has 1 rings (SSSR count). The highest BCUT2D eigenvalue weighted by atomic mass is 16.4. The van der Waals surface area contributed by atoms with Gasteiger partial charge in [-0.2, -0.15) is 0 Å². The molecule has 0 unspecified atom stereocenters. The van der Waals surface area contributed by atoms with Gasteiger partial charge in [-0.1, -0.05) is 24.3 Å². The van der Waals surface area contributed by atoms with Gasteiger partial charge < -0.3 is 10.4 Å². The predicted octanol–water partition coefficient (Wildman–Crippen LogP) is 2.02. The van der Waals surface area contributed by atoms with Crippen LogP contribution in [0.4, 0.5) is 0 Å². The molecule has 0 saturated carbocycles. The van der Waals surface area contributed by atoms with E-state index in [0.717, 1.165) is 17.5 Å². The predicted molar refractivity (Wildman–Crippen MR) is 74.0 cm³/mol. The Morgan fingerprint density at radius 3 is 2.16 bits per heavy atom. The number of amides is 1. The first-order valence-electron chi connectivity index (χ1n) is 6.37. The van der Waals surface area contributed by atoms with Crippen LogP contribution in [-0.2, 0) is 22.4 Å². The van der Waals surface area contributed by atoms with Crippen molar-refractivity contribution in [3.63, 3.8) is 0 Å². The molecule has 0 heterocycles. The van der Waals surface area contributed by atoms with E-state index in [2.05, 4.69) is 5.32 Å². The second-order valence-electron chi connectivity index (χ2n) is 5.42. The molecule has 0 saturated heterocycles. The summed E-state index contributed by atoms with van der Waals surface area (Å²) in [5.41, 5.74) is 1.39. The maximum atomic E-state index is 11.1. The van der Waals surface area contributed by atoms with Crippen molar-refractivity contribution >= 4 is 11.9 Å². The zero-order valence-electron chi connectivity index (χ0n) is 11.7. The molecular weight excluding hydrogens is 242 g/mol. The van der Waals surface area contributed by atoms with Gasteiger partial charge in [-0.3, -0.25) is 9.59 Å². The number of carbonyl (C=O) groups excluding carboxylic acids is 1. The van der Waals surface area contributed by atoms with Crippen LogP contribution in [0.15, 0.2) is 24.3 Å². The first-order valence-corrected chi connectivity index (χ1v) is 6.37. The van der Waals surface area contributed by atoms with E-state index in [9.17, 15) is 9.59 Å². The Bertz CT molecular complexity index is 449. The molecular formula is C15H21NO3. The van der Waals surface area contributed by atoms with Gasteiger partial charge in [0.25, 0.3) is 0 Å². The second kappa shape index (κ2) is 6.36. The van der Waals surface area contributed by atoms with Crippen LogP contribution in [0.2, 0.25) is 0 Å². The molecule has 0 aliphatic heterocycles. The van der Waals surface area contributed by atoms with E-state index in [0.29, 0.717) is 13.0 Å².